The van der Waals surface area contributed by atoms with Crippen molar-refractivity contribution >= 4 is 23.6 Å². The smallest absolute Gasteiger partial charge is 0.343 e. The Morgan fingerprint density at radius 3 is 2.07 bits per heavy atom. The number of aliphatic hydroxyl groups excluding tert-OH is 1. The third-order valence-electron chi connectivity index (χ3n) is 3.44. The van der Waals surface area contributed by atoms with E-state index in [1.54, 1.807) is 0 Å². The van der Waals surface area contributed by atoms with E-state index in [-0.39, 0.29) is 6.61 Å². The van der Waals surface area contributed by atoms with Gasteiger partial charge in [0.05, 0.1) is 17.9 Å². The maximum Gasteiger partial charge on any atom is 0.343 e. The van der Waals surface area contributed by atoms with Gasteiger partial charge in [-0.05, 0) is 19.1 Å². The standard InChI is InChI=1S/C18H10F7NO3/c1-2-29-18(28)8(6-26-10-4-3-7(19)5-9(10)20)17(27)11-12(21)14(23)16(25)15(24)13(11)22/h3-6,27H,2H2,1H3. The van der Waals surface area contributed by atoms with Crippen molar-refractivity contribution in [3.8, 4) is 0 Å². The van der Waals surface area contributed by atoms with E-state index in [1.807, 2.05) is 0 Å². The van der Waals surface area contributed by atoms with Gasteiger partial charge in [-0.2, -0.15) is 0 Å². The second-order valence-corrected chi connectivity index (χ2v) is 5.28. The lowest BCUT2D eigenvalue weighted by Gasteiger charge is -2.10. The van der Waals surface area contributed by atoms with Crippen LogP contribution in [0.4, 0.5) is 36.4 Å². The van der Waals surface area contributed by atoms with Gasteiger partial charge in [0.25, 0.3) is 0 Å². The highest BCUT2D eigenvalue weighted by atomic mass is 19.2. The quantitative estimate of drug-likeness (QED) is 0.142. The lowest BCUT2D eigenvalue weighted by molar-refractivity contribution is -0.137. The van der Waals surface area contributed by atoms with Gasteiger partial charge < -0.3 is 9.84 Å². The van der Waals surface area contributed by atoms with Crippen molar-refractivity contribution in [3.05, 3.63) is 70.1 Å². The number of carbonyl (C=O) groups is 1. The van der Waals surface area contributed by atoms with Crippen LogP contribution in [0.3, 0.4) is 0 Å². The lowest BCUT2D eigenvalue weighted by Crippen LogP contribution is -2.14. The first kappa shape index (κ1) is 21.9. The van der Waals surface area contributed by atoms with Gasteiger partial charge in [0.1, 0.15) is 17.1 Å². The third kappa shape index (κ3) is 4.39. The molecule has 0 atom stereocenters. The number of aliphatic imine (C=N–C) groups is 1. The summed E-state index contributed by atoms with van der Waals surface area (Å²) in [6.07, 6.45) is 0.377. The van der Waals surface area contributed by atoms with Crippen molar-refractivity contribution in [1.82, 2.24) is 0 Å². The molecule has 0 spiro atoms. The average Bonchev–Trinajstić information content (AvgIpc) is 2.67. The predicted molar refractivity (Wildman–Crippen MR) is 86.9 cm³/mol. The zero-order valence-corrected chi connectivity index (χ0v) is 14.4. The highest BCUT2D eigenvalue weighted by Crippen LogP contribution is 2.29. The number of esters is 1. The number of halogens is 7. The van der Waals surface area contributed by atoms with Crippen LogP contribution < -0.4 is 0 Å². The van der Waals surface area contributed by atoms with Crippen molar-refractivity contribution in [2.75, 3.05) is 6.61 Å². The molecule has 11 heteroatoms. The second-order valence-electron chi connectivity index (χ2n) is 5.28. The van der Waals surface area contributed by atoms with Gasteiger partial charge in [0, 0.05) is 12.3 Å². The van der Waals surface area contributed by atoms with Gasteiger partial charge in [0.2, 0.25) is 5.82 Å². The van der Waals surface area contributed by atoms with E-state index < -0.39 is 69.3 Å². The summed E-state index contributed by atoms with van der Waals surface area (Å²) in [5.74, 6) is -17.3. The summed E-state index contributed by atoms with van der Waals surface area (Å²) in [5, 5.41) is 10.1. The Morgan fingerprint density at radius 1 is 1.00 bits per heavy atom. The Labute approximate surface area is 158 Å². The van der Waals surface area contributed by atoms with E-state index in [4.69, 9.17) is 0 Å². The molecule has 2 aromatic rings. The fourth-order valence-electron chi connectivity index (χ4n) is 2.09. The first-order chi connectivity index (χ1) is 13.6. The summed E-state index contributed by atoms with van der Waals surface area (Å²) in [6, 6.07) is 2.07. The summed E-state index contributed by atoms with van der Waals surface area (Å²) < 4.78 is 98.9. The van der Waals surface area contributed by atoms with Crippen LogP contribution in [0.15, 0.2) is 28.8 Å². The molecule has 0 bridgehead atoms. The van der Waals surface area contributed by atoms with E-state index in [0.717, 1.165) is 12.1 Å². The molecule has 0 fully saturated rings. The van der Waals surface area contributed by atoms with E-state index in [9.17, 15) is 40.6 Å². The van der Waals surface area contributed by atoms with Gasteiger partial charge in [0.15, 0.2) is 29.1 Å². The van der Waals surface area contributed by atoms with Crippen LogP contribution in [-0.4, -0.2) is 23.9 Å². The monoisotopic (exact) mass is 421 g/mol. The van der Waals surface area contributed by atoms with Gasteiger partial charge >= 0.3 is 5.97 Å². The van der Waals surface area contributed by atoms with Crippen LogP contribution in [0.2, 0.25) is 0 Å². The fourth-order valence-corrected chi connectivity index (χ4v) is 2.09. The van der Waals surface area contributed by atoms with Crippen LogP contribution in [0.25, 0.3) is 5.76 Å². The maximum absolute atomic E-state index is 13.9. The lowest BCUT2D eigenvalue weighted by atomic mass is 10.1. The average molecular weight is 421 g/mol. The number of rotatable bonds is 5. The Bertz CT molecular complexity index is 1010. The zero-order valence-electron chi connectivity index (χ0n) is 14.4. The topological polar surface area (TPSA) is 58.9 Å². The minimum Gasteiger partial charge on any atom is -0.506 e. The van der Waals surface area contributed by atoms with Crippen LogP contribution in [-0.2, 0) is 9.53 Å². The molecule has 0 saturated heterocycles. The van der Waals surface area contributed by atoms with Crippen LogP contribution in [0.1, 0.15) is 12.5 Å². The summed E-state index contributed by atoms with van der Waals surface area (Å²) >= 11 is 0. The van der Waals surface area contributed by atoms with Gasteiger partial charge in [-0.25, -0.2) is 35.5 Å². The molecular weight excluding hydrogens is 411 g/mol. The van der Waals surface area contributed by atoms with Crippen LogP contribution in [0, 0.1) is 40.7 Å². The van der Waals surface area contributed by atoms with Gasteiger partial charge in [-0.1, -0.05) is 0 Å². The van der Waals surface area contributed by atoms with Crippen molar-refractivity contribution in [2.45, 2.75) is 6.92 Å². The Balaban J connectivity index is 2.70. The number of ether oxygens (including phenoxy) is 1. The molecule has 0 amide bonds. The summed E-state index contributed by atoms with van der Waals surface area (Å²) in [6.45, 7) is 1.02. The maximum atomic E-state index is 13.9. The number of carbonyl (C=O) groups excluding carboxylic acids is 1. The summed E-state index contributed by atoms with van der Waals surface area (Å²) in [5.41, 5.74) is -3.51. The largest absolute Gasteiger partial charge is 0.506 e. The number of hydrogen-bond donors (Lipinski definition) is 1. The molecule has 0 unspecified atom stereocenters. The molecule has 2 rings (SSSR count). The molecule has 2 aromatic carbocycles. The van der Waals surface area contributed by atoms with E-state index >= 15 is 0 Å². The molecule has 0 saturated carbocycles. The Hall–Kier alpha value is -3.37. The molecule has 4 nitrogen and oxygen atoms in total. The highest BCUT2D eigenvalue weighted by Gasteiger charge is 2.30. The zero-order chi connectivity index (χ0) is 21.9. The fraction of sp³-hybridized carbons (Fsp3) is 0.111. The second kappa shape index (κ2) is 8.76. The first-order valence-corrected chi connectivity index (χ1v) is 7.71. The molecule has 29 heavy (non-hydrogen) atoms. The highest BCUT2D eigenvalue weighted by molar-refractivity contribution is 6.15. The molecule has 0 radical (unpaired) electrons. The summed E-state index contributed by atoms with van der Waals surface area (Å²) in [7, 11) is 0. The first-order valence-electron chi connectivity index (χ1n) is 7.71. The SMILES string of the molecule is CCOC(=O)C(C=Nc1ccc(F)cc1F)=C(O)c1c(F)c(F)c(F)c(F)c1F. The summed E-state index contributed by atoms with van der Waals surface area (Å²) in [4.78, 5) is 15.4. The minimum atomic E-state index is -2.48. The third-order valence-corrected chi connectivity index (χ3v) is 3.44. The van der Waals surface area contributed by atoms with E-state index in [2.05, 4.69) is 9.73 Å². The van der Waals surface area contributed by atoms with Crippen molar-refractivity contribution < 1.29 is 45.4 Å². The van der Waals surface area contributed by atoms with Gasteiger partial charge in [-0.15, -0.1) is 0 Å². The van der Waals surface area contributed by atoms with Crippen LogP contribution >= 0.6 is 0 Å². The molecule has 0 heterocycles. The molecule has 0 aliphatic carbocycles. The Kier molecular flexibility index (Phi) is 6.62. The number of hydrogen-bond acceptors (Lipinski definition) is 4. The normalized spacial score (nSPS) is 12.3. The molecule has 0 aliphatic heterocycles. The minimum absolute atomic E-state index is 0.300. The predicted octanol–water partition coefficient (Wildman–Crippen LogP) is 4.90. The molecule has 154 valence electrons. The number of nitrogens with zero attached hydrogens (tertiary/aromatic N) is 1. The number of aliphatic hydroxyl groups is 1. The van der Waals surface area contributed by atoms with Crippen LogP contribution in [0.5, 0.6) is 0 Å². The van der Waals surface area contributed by atoms with Crippen molar-refractivity contribution in [3.63, 3.8) is 0 Å². The molecular formula is C18H10F7NO3. The number of benzene rings is 2. The molecule has 0 aromatic heterocycles. The Morgan fingerprint density at radius 2 is 1.55 bits per heavy atom. The van der Waals surface area contributed by atoms with Gasteiger partial charge in [-0.3, -0.25) is 4.99 Å². The van der Waals surface area contributed by atoms with E-state index in [0.29, 0.717) is 12.3 Å². The van der Waals surface area contributed by atoms with E-state index in [1.165, 1.54) is 6.92 Å². The van der Waals surface area contributed by atoms with Crippen molar-refractivity contribution in [1.29, 1.82) is 0 Å². The molecule has 1 N–H and O–H groups in total. The molecule has 0 aliphatic rings. The van der Waals surface area contributed by atoms with Crippen molar-refractivity contribution in [2.24, 2.45) is 4.99 Å².